The number of piperazine rings is 1. The number of hydrogen-bond acceptors (Lipinski definition) is 3. The average Bonchev–Trinajstić information content (AvgIpc) is 2.46. The summed E-state index contributed by atoms with van der Waals surface area (Å²) in [6.07, 6.45) is 0.743. The second kappa shape index (κ2) is 8.61. The van der Waals surface area contributed by atoms with Gasteiger partial charge >= 0.3 is 0 Å². The predicted molar refractivity (Wildman–Crippen MR) is 94.9 cm³/mol. The first-order valence-electron chi connectivity index (χ1n) is 7.52. The Morgan fingerprint density at radius 2 is 1.91 bits per heavy atom. The maximum absolute atomic E-state index is 12.3. The maximum Gasteiger partial charge on any atom is 0.239 e. The van der Waals surface area contributed by atoms with Crippen LogP contribution in [0.15, 0.2) is 24.3 Å². The van der Waals surface area contributed by atoms with E-state index >= 15 is 0 Å². The lowest BCUT2D eigenvalue weighted by molar-refractivity contribution is -0.133. The van der Waals surface area contributed by atoms with Gasteiger partial charge < -0.3 is 15.5 Å². The molecule has 1 saturated heterocycles. The second-order valence-corrected chi connectivity index (χ2v) is 6.46. The molecule has 1 aromatic carbocycles. The molecule has 1 aromatic rings. The summed E-state index contributed by atoms with van der Waals surface area (Å²) in [6.45, 7) is 7.25. The zero-order chi connectivity index (χ0) is 15.4. The average molecular weight is 346 g/mol. The summed E-state index contributed by atoms with van der Waals surface area (Å²) in [5, 5.41) is 0.741. The van der Waals surface area contributed by atoms with Crippen molar-refractivity contribution in [3.05, 3.63) is 29.3 Å². The van der Waals surface area contributed by atoms with Crippen molar-refractivity contribution in [3.8, 4) is 0 Å². The Labute approximate surface area is 144 Å². The van der Waals surface area contributed by atoms with Crippen molar-refractivity contribution in [2.24, 2.45) is 11.7 Å². The van der Waals surface area contributed by atoms with Gasteiger partial charge in [-0.2, -0.15) is 0 Å². The van der Waals surface area contributed by atoms with E-state index in [1.807, 2.05) is 29.2 Å². The van der Waals surface area contributed by atoms with Crippen molar-refractivity contribution < 1.29 is 4.79 Å². The number of benzene rings is 1. The van der Waals surface area contributed by atoms with Crippen molar-refractivity contribution in [3.63, 3.8) is 0 Å². The Morgan fingerprint density at radius 1 is 1.27 bits per heavy atom. The van der Waals surface area contributed by atoms with E-state index in [1.54, 1.807) is 0 Å². The summed E-state index contributed by atoms with van der Waals surface area (Å²) in [5.74, 6) is 0.520. The Morgan fingerprint density at radius 3 is 2.45 bits per heavy atom. The van der Waals surface area contributed by atoms with Crippen LogP contribution in [0, 0.1) is 5.92 Å². The van der Waals surface area contributed by atoms with Gasteiger partial charge in [-0.3, -0.25) is 4.79 Å². The highest BCUT2D eigenvalue weighted by Crippen LogP contribution is 2.21. The van der Waals surface area contributed by atoms with E-state index in [-0.39, 0.29) is 24.4 Å². The maximum atomic E-state index is 12.3. The predicted octanol–water partition coefficient (Wildman–Crippen LogP) is 2.78. The van der Waals surface area contributed by atoms with Crippen LogP contribution < -0.4 is 10.6 Å². The van der Waals surface area contributed by atoms with Gasteiger partial charge in [0.1, 0.15) is 0 Å². The molecular weight excluding hydrogens is 321 g/mol. The number of carbonyl (C=O) groups excluding carboxylic acids is 1. The monoisotopic (exact) mass is 345 g/mol. The third-order valence-corrected chi connectivity index (χ3v) is 4.04. The lowest BCUT2D eigenvalue weighted by Gasteiger charge is -2.37. The van der Waals surface area contributed by atoms with Gasteiger partial charge in [-0.15, -0.1) is 12.4 Å². The van der Waals surface area contributed by atoms with Crippen LogP contribution in [0.5, 0.6) is 0 Å². The molecule has 0 unspecified atom stereocenters. The van der Waals surface area contributed by atoms with E-state index < -0.39 is 0 Å². The van der Waals surface area contributed by atoms with Crippen LogP contribution in [0.4, 0.5) is 5.69 Å². The molecule has 6 heteroatoms. The highest BCUT2D eigenvalue weighted by molar-refractivity contribution is 6.30. The van der Waals surface area contributed by atoms with Gasteiger partial charge in [0, 0.05) is 36.9 Å². The third kappa shape index (κ3) is 5.04. The van der Waals surface area contributed by atoms with Crippen LogP contribution >= 0.6 is 24.0 Å². The first kappa shape index (κ1) is 19.1. The smallest absolute Gasteiger partial charge is 0.239 e. The standard InChI is InChI=1S/C16H24ClN3O.ClH/c1-12(2)10-15(18)16(21)20-8-6-19(7-9-20)14-5-3-4-13(17)11-14;/h3-5,11-12,15H,6-10,18H2,1-2H3;1H/t15-;/m0./s1. The number of hydrogen-bond donors (Lipinski definition) is 1. The van der Waals surface area contributed by atoms with E-state index in [2.05, 4.69) is 18.7 Å². The number of carbonyl (C=O) groups is 1. The molecule has 124 valence electrons. The van der Waals surface area contributed by atoms with Gasteiger partial charge in [-0.25, -0.2) is 0 Å². The minimum Gasteiger partial charge on any atom is -0.368 e. The largest absolute Gasteiger partial charge is 0.368 e. The van der Waals surface area contributed by atoms with Crippen molar-refractivity contribution in [2.75, 3.05) is 31.1 Å². The number of nitrogens with two attached hydrogens (primary N) is 1. The fourth-order valence-corrected chi connectivity index (χ4v) is 2.89. The summed E-state index contributed by atoms with van der Waals surface area (Å²) in [4.78, 5) is 16.4. The lowest BCUT2D eigenvalue weighted by Crippen LogP contribution is -2.53. The first-order chi connectivity index (χ1) is 9.97. The quantitative estimate of drug-likeness (QED) is 0.912. The fraction of sp³-hybridized carbons (Fsp3) is 0.562. The van der Waals surface area contributed by atoms with Crippen LogP contribution in [-0.2, 0) is 4.79 Å². The Bertz CT molecular complexity index is 488. The number of halogens is 2. The first-order valence-corrected chi connectivity index (χ1v) is 7.90. The van der Waals surface area contributed by atoms with Crippen molar-refractivity contribution in [1.82, 2.24) is 4.90 Å². The molecule has 0 radical (unpaired) electrons. The minimum atomic E-state index is -0.372. The van der Waals surface area contributed by atoms with Gasteiger partial charge in [0.25, 0.3) is 0 Å². The van der Waals surface area contributed by atoms with E-state index in [9.17, 15) is 4.79 Å². The Hall–Kier alpha value is -0.970. The molecule has 0 saturated carbocycles. The molecule has 2 N–H and O–H groups in total. The zero-order valence-electron chi connectivity index (χ0n) is 13.2. The summed E-state index contributed by atoms with van der Waals surface area (Å²) in [6, 6.07) is 7.46. The van der Waals surface area contributed by atoms with Crippen molar-refractivity contribution in [2.45, 2.75) is 26.3 Å². The summed E-state index contributed by atoms with van der Waals surface area (Å²) >= 11 is 6.03. The molecule has 0 aromatic heterocycles. The van der Waals surface area contributed by atoms with Gasteiger partial charge in [0.15, 0.2) is 0 Å². The van der Waals surface area contributed by atoms with E-state index in [0.29, 0.717) is 5.92 Å². The second-order valence-electron chi connectivity index (χ2n) is 6.03. The number of rotatable bonds is 4. The van der Waals surface area contributed by atoms with Crippen LogP contribution in [0.2, 0.25) is 5.02 Å². The van der Waals surface area contributed by atoms with Gasteiger partial charge in [0.05, 0.1) is 6.04 Å². The highest BCUT2D eigenvalue weighted by atomic mass is 35.5. The molecular formula is C16H25Cl2N3O. The fourth-order valence-electron chi connectivity index (χ4n) is 2.70. The topological polar surface area (TPSA) is 49.6 Å². The van der Waals surface area contributed by atoms with Crippen LogP contribution in [0.3, 0.4) is 0 Å². The molecule has 1 amide bonds. The van der Waals surface area contributed by atoms with E-state index in [4.69, 9.17) is 17.3 Å². The number of anilines is 1. The minimum absolute atomic E-state index is 0. The third-order valence-electron chi connectivity index (χ3n) is 3.81. The molecule has 1 atom stereocenters. The molecule has 0 aliphatic carbocycles. The van der Waals surface area contributed by atoms with Gasteiger partial charge in [0.2, 0.25) is 5.91 Å². The SMILES string of the molecule is CC(C)C[C@H](N)C(=O)N1CCN(c2cccc(Cl)c2)CC1.Cl. The van der Waals surface area contributed by atoms with Gasteiger partial charge in [-0.1, -0.05) is 31.5 Å². The summed E-state index contributed by atoms with van der Waals surface area (Å²) < 4.78 is 0. The molecule has 1 heterocycles. The van der Waals surface area contributed by atoms with E-state index in [0.717, 1.165) is 43.3 Å². The van der Waals surface area contributed by atoms with Crippen molar-refractivity contribution in [1.29, 1.82) is 0 Å². The molecule has 0 spiro atoms. The van der Waals surface area contributed by atoms with Crippen LogP contribution in [-0.4, -0.2) is 43.0 Å². The normalized spacial score (nSPS) is 16.4. The molecule has 2 rings (SSSR count). The van der Waals surface area contributed by atoms with Crippen molar-refractivity contribution >= 4 is 35.6 Å². The summed E-state index contributed by atoms with van der Waals surface area (Å²) in [7, 11) is 0. The summed E-state index contributed by atoms with van der Waals surface area (Å²) in [5.41, 5.74) is 7.10. The zero-order valence-corrected chi connectivity index (χ0v) is 14.7. The lowest BCUT2D eigenvalue weighted by atomic mass is 10.0. The van der Waals surface area contributed by atoms with Gasteiger partial charge in [-0.05, 0) is 30.5 Å². The van der Waals surface area contributed by atoms with Crippen LogP contribution in [0.25, 0.3) is 0 Å². The molecule has 1 fully saturated rings. The number of nitrogens with zero attached hydrogens (tertiary/aromatic N) is 2. The molecule has 22 heavy (non-hydrogen) atoms. The molecule has 1 aliphatic heterocycles. The molecule has 1 aliphatic rings. The Balaban J connectivity index is 0.00000242. The van der Waals surface area contributed by atoms with Crippen LogP contribution in [0.1, 0.15) is 20.3 Å². The molecule has 0 bridgehead atoms. The number of amides is 1. The van der Waals surface area contributed by atoms with E-state index in [1.165, 1.54) is 0 Å². The Kier molecular flexibility index (Phi) is 7.46. The molecule has 4 nitrogen and oxygen atoms in total. The highest BCUT2D eigenvalue weighted by Gasteiger charge is 2.25.